The van der Waals surface area contributed by atoms with Gasteiger partial charge in [-0.1, -0.05) is 84.3 Å². The van der Waals surface area contributed by atoms with Crippen molar-refractivity contribution in [1.82, 2.24) is 0 Å². The van der Waals surface area contributed by atoms with E-state index in [-0.39, 0.29) is 6.04 Å². The first-order chi connectivity index (χ1) is 15.4. The summed E-state index contributed by atoms with van der Waals surface area (Å²) in [6.45, 7) is 12.3. The van der Waals surface area contributed by atoms with Gasteiger partial charge in [-0.15, -0.1) is 0 Å². The molecule has 0 aromatic carbocycles. The molecule has 1 heterocycles. The third kappa shape index (κ3) is 14.8. The van der Waals surface area contributed by atoms with Crippen molar-refractivity contribution in [3.05, 3.63) is 23.6 Å². The van der Waals surface area contributed by atoms with Crippen LogP contribution in [0, 0.1) is 17.8 Å². The molecule has 3 atom stereocenters. The van der Waals surface area contributed by atoms with Gasteiger partial charge in [-0.05, 0) is 37.5 Å². The second kappa shape index (κ2) is 18.2. The van der Waals surface area contributed by atoms with Crippen molar-refractivity contribution in [2.24, 2.45) is 33.5 Å². The number of allylic oxidation sites excluding steroid dienone is 1. The zero-order valence-corrected chi connectivity index (χ0v) is 22.2. The van der Waals surface area contributed by atoms with Crippen LogP contribution in [0.15, 0.2) is 33.6 Å². The molecule has 0 aromatic rings. The van der Waals surface area contributed by atoms with Gasteiger partial charge >= 0.3 is 0 Å². The van der Waals surface area contributed by atoms with E-state index in [2.05, 4.69) is 50.7 Å². The van der Waals surface area contributed by atoms with Crippen molar-refractivity contribution in [3.63, 3.8) is 0 Å². The standard InChI is InChI=1S/C27H49N3OS/c1-22(2)9-6-10-23(3)11-7-12-24(4)13-8-14-25(5)15-18-32-20-27(30-21-28)26-19-31-17-16-29-26/h15-16,19,21-24,27H,6-14,17-18,20H2,1-5H3,(H2,28,30). The van der Waals surface area contributed by atoms with Crippen LogP contribution in [0.2, 0.25) is 0 Å². The highest BCUT2D eigenvalue weighted by atomic mass is 32.2. The Kier molecular flexibility index (Phi) is 16.4. The summed E-state index contributed by atoms with van der Waals surface area (Å²) < 4.78 is 5.33. The Morgan fingerprint density at radius 2 is 1.75 bits per heavy atom. The van der Waals surface area contributed by atoms with E-state index in [1.807, 2.05) is 11.8 Å². The summed E-state index contributed by atoms with van der Waals surface area (Å²) in [4.78, 5) is 8.72. The molecule has 2 N–H and O–H groups in total. The molecule has 0 amide bonds. The Labute approximate surface area is 202 Å². The van der Waals surface area contributed by atoms with E-state index in [4.69, 9.17) is 10.5 Å². The maximum atomic E-state index is 5.51. The Bertz CT molecular complexity index is 598. The minimum atomic E-state index is -0.0333. The van der Waals surface area contributed by atoms with Gasteiger partial charge < -0.3 is 10.5 Å². The van der Waals surface area contributed by atoms with Gasteiger partial charge in [0.2, 0.25) is 0 Å². The van der Waals surface area contributed by atoms with Gasteiger partial charge in [-0.2, -0.15) is 11.8 Å². The quantitative estimate of drug-likeness (QED) is 0.0996. The SMILES string of the molecule is CC(=CCSCC(N=CN)C1=COCC=N1)CCCC(C)CCCC(C)CCCC(C)C. The zero-order chi connectivity index (χ0) is 23.6. The van der Waals surface area contributed by atoms with Crippen LogP contribution in [0.5, 0.6) is 0 Å². The highest BCUT2D eigenvalue weighted by Gasteiger charge is 2.14. The molecule has 1 aliphatic rings. The summed E-state index contributed by atoms with van der Waals surface area (Å²) in [5, 5.41) is 0. The first-order valence-electron chi connectivity index (χ1n) is 12.7. The number of nitrogens with zero attached hydrogens (tertiary/aromatic N) is 2. The first-order valence-corrected chi connectivity index (χ1v) is 13.9. The maximum Gasteiger partial charge on any atom is 0.123 e. The Morgan fingerprint density at radius 3 is 2.34 bits per heavy atom. The fourth-order valence-corrected chi connectivity index (χ4v) is 5.03. The van der Waals surface area contributed by atoms with Crippen molar-refractivity contribution >= 4 is 24.3 Å². The number of hydrogen-bond acceptors (Lipinski definition) is 4. The highest BCUT2D eigenvalue weighted by Crippen LogP contribution is 2.22. The third-order valence-corrected chi connectivity index (χ3v) is 7.14. The molecule has 1 rings (SSSR count). The van der Waals surface area contributed by atoms with Gasteiger partial charge in [0, 0.05) is 17.7 Å². The molecule has 0 radical (unpaired) electrons. The molecule has 0 aliphatic carbocycles. The van der Waals surface area contributed by atoms with Gasteiger partial charge in [-0.3, -0.25) is 9.98 Å². The lowest BCUT2D eigenvalue weighted by Gasteiger charge is -2.15. The molecule has 1 aliphatic heterocycles. The zero-order valence-electron chi connectivity index (χ0n) is 21.4. The molecular formula is C27H49N3OS. The van der Waals surface area contributed by atoms with E-state index in [0.29, 0.717) is 6.61 Å². The molecule has 5 heteroatoms. The van der Waals surface area contributed by atoms with Gasteiger partial charge in [0.25, 0.3) is 0 Å². The number of ether oxygens (including phenoxy) is 1. The summed E-state index contributed by atoms with van der Waals surface area (Å²) in [5.41, 5.74) is 7.86. The lowest BCUT2D eigenvalue weighted by atomic mass is 9.91. The molecule has 0 saturated carbocycles. The van der Waals surface area contributed by atoms with Crippen molar-refractivity contribution in [3.8, 4) is 0 Å². The van der Waals surface area contributed by atoms with Crippen LogP contribution in [-0.2, 0) is 4.74 Å². The number of nitrogens with two attached hydrogens (primary N) is 1. The van der Waals surface area contributed by atoms with E-state index in [1.165, 1.54) is 69.7 Å². The van der Waals surface area contributed by atoms with Gasteiger partial charge in [0.15, 0.2) is 0 Å². The van der Waals surface area contributed by atoms with Crippen LogP contribution < -0.4 is 5.73 Å². The Morgan fingerprint density at radius 1 is 1.09 bits per heavy atom. The summed E-state index contributed by atoms with van der Waals surface area (Å²) in [6, 6.07) is -0.0333. The lowest BCUT2D eigenvalue weighted by Crippen LogP contribution is -2.15. The average molecular weight is 464 g/mol. The monoisotopic (exact) mass is 463 g/mol. The molecule has 0 saturated heterocycles. The molecule has 0 fully saturated rings. The molecular weight excluding hydrogens is 414 g/mol. The molecule has 184 valence electrons. The first kappa shape index (κ1) is 28.8. The third-order valence-electron chi connectivity index (χ3n) is 6.19. The molecule has 3 unspecified atom stereocenters. The van der Waals surface area contributed by atoms with Crippen molar-refractivity contribution in [1.29, 1.82) is 0 Å². The second-order valence-corrected chi connectivity index (χ2v) is 11.0. The van der Waals surface area contributed by atoms with Crippen LogP contribution in [-0.4, -0.2) is 36.7 Å². The minimum Gasteiger partial charge on any atom is -0.494 e. The summed E-state index contributed by atoms with van der Waals surface area (Å²) >= 11 is 1.87. The number of thioether (sulfide) groups is 1. The van der Waals surface area contributed by atoms with Gasteiger partial charge in [-0.25, -0.2) is 0 Å². The molecule has 32 heavy (non-hydrogen) atoms. The van der Waals surface area contributed by atoms with Crippen molar-refractivity contribution < 1.29 is 4.74 Å². The fraction of sp³-hybridized carbons (Fsp3) is 0.778. The van der Waals surface area contributed by atoms with E-state index >= 15 is 0 Å². The summed E-state index contributed by atoms with van der Waals surface area (Å²) in [5.74, 6) is 4.46. The van der Waals surface area contributed by atoms with Crippen LogP contribution >= 0.6 is 11.8 Å². The van der Waals surface area contributed by atoms with Crippen molar-refractivity contribution in [2.75, 3.05) is 18.1 Å². The van der Waals surface area contributed by atoms with Crippen LogP contribution in [0.1, 0.15) is 92.4 Å². The smallest absolute Gasteiger partial charge is 0.123 e. The largest absolute Gasteiger partial charge is 0.494 e. The summed E-state index contributed by atoms with van der Waals surface area (Å²) in [6.07, 6.45) is 19.5. The molecule has 0 bridgehead atoms. The predicted molar refractivity (Wildman–Crippen MR) is 145 cm³/mol. The highest BCUT2D eigenvalue weighted by molar-refractivity contribution is 7.99. The van der Waals surface area contributed by atoms with Crippen molar-refractivity contribution in [2.45, 2.75) is 98.4 Å². The maximum absolute atomic E-state index is 5.51. The molecule has 4 nitrogen and oxygen atoms in total. The number of aliphatic imine (C=N–C) groups is 2. The topological polar surface area (TPSA) is 60.0 Å². The van der Waals surface area contributed by atoms with Gasteiger partial charge in [0.1, 0.15) is 18.9 Å². The average Bonchev–Trinajstić information content (AvgIpc) is 2.76. The Hall–Kier alpha value is -1.23. The minimum absolute atomic E-state index is 0.0333. The fourth-order valence-electron chi connectivity index (χ4n) is 4.01. The van der Waals surface area contributed by atoms with Crippen LogP contribution in [0.25, 0.3) is 0 Å². The summed E-state index contributed by atoms with van der Waals surface area (Å²) in [7, 11) is 0. The molecule has 0 spiro atoms. The second-order valence-electron chi connectivity index (χ2n) is 9.95. The van der Waals surface area contributed by atoms with Gasteiger partial charge in [0.05, 0.1) is 12.0 Å². The Balaban J connectivity index is 2.12. The lowest BCUT2D eigenvalue weighted by molar-refractivity contribution is 0.294. The normalized spacial score (nSPS) is 17.4. The molecule has 0 aromatic heterocycles. The van der Waals surface area contributed by atoms with E-state index < -0.39 is 0 Å². The van der Waals surface area contributed by atoms with E-state index in [0.717, 1.165) is 35.0 Å². The number of hydrogen-bond donors (Lipinski definition) is 1. The van der Waals surface area contributed by atoms with Crippen LogP contribution in [0.3, 0.4) is 0 Å². The van der Waals surface area contributed by atoms with Crippen LogP contribution in [0.4, 0.5) is 0 Å². The number of rotatable bonds is 18. The van der Waals surface area contributed by atoms with E-state index in [1.54, 1.807) is 12.5 Å². The predicted octanol–water partition coefficient (Wildman–Crippen LogP) is 7.40. The van der Waals surface area contributed by atoms with E-state index in [9.17, 15) is 0 Å².